The third-order valence-electron chi connectivity index (χ3n) is 6.24. The van der Waals surface area contributed by atoms with Gasteiger partial charge in [-0.15, -0.1) is 0 Å². The van der Waals surface area contributed by atoms with Crippen molar-refractivity contribution in [2.45, 2.75) is 39.7 Å². The largest absolute Gasteiger partial charge is 0.490 e. The lowest BCUT2D eigenvalue weighted by atomic mass is 10.00. The molecule has 0 spiro atoms. The van der Waals surface area contributed by atoms with Crippen molar-refractivity contribution in [2.75, 3.05) is 13.2 Å². The fraction of sp³-hybridized carbons (Fsp3) is 0.276. The lowest BCUT2D eigenvalue weighted by Gasteiger charge is -2.15. The summed E-state index contributed by atoms with van der Waals surface area (Å²) < 4.78 is 23.9. The van der Waals surface area contributed by atoms with Crippen LogP contribution in [0.25, 0.3) is 22.1 Å². The summed E-state index contributed by atoms with van der Waals surface area (Å²) in [5.41, 5.74) is 3.26. The van der Waals surface area contributed by atoms with Crippen LogP contribution in [0.4, 0.5) is 0 Å². The van der Waals surface area contributed by atoms with E-state index in [0.29, 0.717) is 68.4 Å². The predicted octanol–water partition coefficient (Wildman–Crippen LogP) is 7.77. The molecule has 1 aromatic heterocycles. The van der Waals surface area contributed by atoms with Crippen molar-refractivity contribution in [3.63, 3.8) is 0 Å². The van der Waals surface area contributed by atoms with E-state index in [1.165, 1.54) is 0 Å². The normalized spacial score (nSPS) is 13.0. The number of halogens is 2. The SMILES string of the molecule is CCCc1cc2c(=O)c(-c3ccc4c(c3)OCCCO4)c(C)oc2cc1OCc1c(Cl)cccc1Cl. The van der Waals surface area contributed by atoms with Gasteiger partial charge in [0.2, 0.25) is 5.43 Å². The van der Waals surface area contributed by atoms with Gasteiger partial charge >= 0.3 is 0 Å². The van der Waals surface area contributed by atoms with Crippen molar-refractivity contribution in [1.29, 1.82) is 0 Å². The molecule has 5 rings (SSSR count). The number of hydrogen-bond acceptors (Lipinski definition) is 5. The van der Waals surface area contributed by atoms with Gasteiger partial charge in [-0.05, 0) is 54.8 Å². The van der Waals surface area contributed by atoms with Crippen LogP contribution in [0.3, 0.4) is 0 Å². The van der Waals surface area contributed by atoms with Crippen LogP contribution in [0.1, 0.15) is 36.7 Å². The first-order valence-electron chi connectivity index (χ1n) is 12.0. The summed E-state index contributed by atoms with van der Waals surface area (Å²) >= 11 is 12.6. The molecule has 0 saturated heterocycles. The van der Waals surface area contributed by atoms with Gasteiger partial charge in [-0.1, -0.05) is 48.7 Å². The number of hydrogen-bond donors (Lipinski definition) is 0. The molecule has 36 heavy (non-hydrogen) atoms. The van der Waals surface area contributed by atoms with Crippen LogP contribution >= 0.6 is 23.2 Å². The van der Waals surface area contributed by atoms with Crippen molar-refractivity contribution in [1.82, 2.24) is 0 Å². The molecule has 1 aliphatic heterocycles. The van der Waals surface area contributed by atoms with Crippen molar-refractivity contribution in [2.24, 2.45) is 0 Å². The third kappa shape index (κ3) is 4.78. The molecule has 0 amide bonds. The first-order valence-corrected chi connectivity index (χ1v) is 12.8. The van der Waals surface area contributed by atoms with Gasteiger partial charge in [0, 0.05) is 28.1 Å². The van der Waals surface area contributed by atoms with E-state index >= 15 is 0 Å². The van der Waals surface area contributed by atoms with Gasteiger partial charge < -0.3 is 18.6 Å². The number of rotatable bonds is 6. The van der Waals surface area contributed by atoms with Gasteiger partial charge in [0.05, 0.1) is 24.2 Å². The fourth-order valence-electron chi connectivity index (χ4n) is 4.45. The molecule has 0 bridgehead atoms. The summed E-state index contributed by atoms with van der Waals surface area (Å²) in [4.78, 5) is 13.7. The average Bonchev–Trinajstić information content (AvgIpc) is 3.10. The van der Waals surface area contributed by atoms with Crippen LogP contribution in [0.2, 0.25) is 10.0 Å². The van der Waals surface area contributed by atoms with Crippen molar-refractivity contribution in [3.8, 4) is 28.4 Å². The van der Waals surface area contributed by atoms with E-state index in [4.69, 9.17) is 41.8 Å². The minimum Gasteiger partial charge on any atom is -0.490 e. The van der Waals surface area contributed by atoms with E-state index in [1.807, 2.05) is 24.3 Å². The standard InChI is InChI=1S/C29H26Cl2O5/c1-3-6-18-13-20-26(15-25(18)35-16-21-22(30)7-4-8-23(21)31)36-17(2)28(29(20)32)19-9-10-24-27(14-19)34-12-5-11-33-24/h4,7-10,13-15H,3,5-6,11-12,16H2,1-2H3. The highest BCUT2D eigenvalue weighted by molar-refractivity contribution is 6.35. The second kappa shape index (κ2) is 10.5. The Morgan fingerprint density at radius 1 is 0.972 bits per heavy atom. The molecule has 0 saturated carbocycles. The first-order chi connectivity index (χ1) is 17.5. The first kappa shape index (κ1) is 24.5. The van der Waals surface area contributed by atoms with Gasteiger partial charge in [-0.25, -0.2) is 0 Å². The van der Waals surface area contributed by atoms with Crippen LogP contribution in [0.5, 0.6) is 17.2 Å². The summed E-state index contributed by atoms with van der Waals surface area (Å²) in [6, 6.07) is 14.6. The van der Waals surface area contributed by atoms with Gasteiger partial charge in [-0.2, -0.15) is 0 Å². The third-order valence-corrected chi connectivity index (χ3v) is 6.95. The molecule has 186 valence electrons. The summed E-state index contributed by atoms with van der Waals surface area (Å²) in [5, 5.41) is 1.60. The Labute approximate surface area is 219 Å². The zero-order chi connectivity index (χ0) is 25.2. The summed E-state index contributed by atoms with van der Waals surface area (Å²) in [6.07, 6.45) is 2.45. The van der Waals surface area contributed by atoms with Gasteiger partial charge in [0.25, 0.3) is 0 Å². The minimum absolute atomic E-state index is 0.0960. The number of fused-ring (bicyclic) bond motifs is 2. The molecule has 0 unspecified atom stereocenters. The van der Waals surface area contributed by atoms with Crippen molar-refractivity contribution < 1.29 is 18.6 Å². The maximum Gasteiger partial charge on any atom is 0.200 e. The quantitative estimate of drug-likeness (QED) is 0.257. The van der Waals surface area contributed by atoms with Crippen LogP contribution < -0.4 is 19.6 Å². The maximum atomic E-state index is 13.7. The molecule has 4 aromatic rings. The summed E-state index contributed by atoms with van der Waals surface area (Å²) in [6.45, 7) is 5.27. The molecular formula is C29H26Cl2O5. The predicted molar refractivity (Wildman–Crippen MR) is 143 cm³/mol. The highest BCUT2D eigenvalue weighted by atomic mass is 35.5. The second-order valence-corrected chi connectivity index (χ2v) is 9.58. The summed E-state index contributed by atoms with van der Waals surface area (Å²) in [7, 11) is 0. The van der Waals surface area contributed by atoms with E-state index in [0.717, 1.165) is 30.4 Å². The van der Waals surface area contributed by atoms with Gasteiger partial charge in [0.1, 0.15) is 23.7 Å². The van der Waals surface area contributed by atoms with Crippen LogP contribution in [-0.4, -0.2) is 13.2 Å². The molecule has 0 fully saturated rings. The van der Waals surface area contributed by atoms with E-state index in [2.05, 4.69) is 6.92 Å². The average molecular weight is 525 g/mol. The topological polar surface area (TPSA) is 57.9 Å². The van der Waals surface area contributed by atoms with E-state index in [9.17, 15) is 4.79 Å². The Bertz CT molecular complexity index is 1470. The molecule has 0 atom stereocenters. The molecule has 1 aliphatic rings. The molecular weight excluding hydrogens is 499 g/mol. The lowest BCUT2D eigenvalue weighted by molar-refractivity contribution is 0.297. The second-order valence-electron chi connectivity index (χ2n) is 8.77. The Balaban J connectivity index is 1.57. The van der Waals surface area contributed by atoms with E-state index in [1.54, 1.807) is 31.2 Å². The molecule has 5 nitrogen and oxygen atoms in total. The van der Waals surface area contributed by atoms with Crippen LogP contribution in [0, 0.1) is 6.92 Å². The lowest BCUT2D eigenvalue weighted by Crippen LogP contribution is -2.09. The zero-order valence-electron chi connectivity index (χ0n) is 20.2. The number of ether oxygens (including phenoxy) is 3. The van der Waals surface area contributed by atoms with Crippen LogP contribution in [0.15, 0.2) is 57.7 Å². The molecule has 0 aliphatic carbocycles. The van der Waals surface area contributed by atoms with E-state index < -0.39 is 0 Å². The fourth-order valence-corrected chi connectivity index (χ4v) is 4.96. The Kier molecular flexibility index (Phi) is 7.13. The maximum absolute atomic E-state index is 13.7. The zero-order valence-corrected chi connectivity index (χ0v) is 21.7. The Morgan fingerprint density at radius 3 is 2.47 bits per heavy atom. The number of aryl methyl sites for hydroxylation is 2. The van der Waals surface area contributed by atoms with E-state index in [-0.39, 0.29) is 12.0 Å². The molecule has 2 heterocycles. The molecule has 3 aromatic carbocycles. The Morgan fingerprint density at radius 2 is 1.72 bits per heavy atom. The summed E-state index contributed by atoms with van der Waals surface area (Å²) in [5.74, 6) is 2.49. The Hall–Kier alpha value is -3.15. The van der Waals surface area contributed by atoms with Gasteiger partial charge in [0.15, 0.2) is 11.5 Å². The molecule has 0 radical (unpaired) electrons. The monoisotopic (exact) mass is 524 g/mol. The molecule has 0 N–H and O–H groups in total. The smallest absolute Gasteiger partial charge is 0.200 e. The van der Waals surface area contributed by atoms with Crippen molar-refractivity contribution >= 4 is 34.2 Å². The molecule has 7 heteroatoms. The highest BCUT2D eigenvalue weighted by Crippen LogP contribution is 2.36. The number of benzene rings is 3. The van der Waals surface area contributed by atoms with Gasteiger partial charge in [-0.3, -0.25) is 4.79 Å². The van der Waals surface area contributed by atoms with Crippen molar-refractivity contribution in [3.05, 3.63) is 85.7 Å². The highest BCUT2D eigenvalue weighted by Gasteiger charge is 2.19. The minimum atomic E-state index is -0.0960. The van der Waals surface area contributed by atoms with Crippen LogP contribution in [-0.2, 0) is 13.0 Å².